The monoisotopic (exact) mass is 199 g/mol. The van der Waals surface area contributed by atoms with E-state index >= 15 is 0 Å². The topological polar surface area (TPSA) is 39.8 Å². The molecule has 0 aliphatic carbocycles. The van der Waals surface area contributed by atoms with Gasteiger partial charge >= 0.3 is 5.69 Å². The van der Waals surface area contributed by atoms with Gasteiger partial charge in [-0.15, -0.1) is 0 Å². The van der Waals surface area contributed by atoms with Crippen LogP contribution in [0.1, 0.15) is 5.82 Å². The number of hydrogen-bond donors (Lipinski definition) is 1. The highest BCUT2D eigenvalue weighted by atomic mass is 32.1. The van der Waals surface area contributed by atoms with Crippen LogP contribution in [0.3, 0.4) is 0 Å². The lowest BCUT2D eigenvalue weighted by Gasteiger charge is -1.90. The van der Waals surface area contributed by atoms with E-state index in [4.69, 9.17) is 0 Å². The van der Waals surface area contributed by atoms with Crippen molar-refractivity contribution in [1.29, 1.82) is 0 Å². The molecular weight excluding hydrogens is 186 g/mol. The zero-order valence-corrected chi connectivity index (χ0v) is 8.66. The summed E-state index contributed by atoms with van der Waals surface area (Å²) < 4.78 is 2.95. The zero-order chi connectivity index (χ0) is 9.84. The molecule has 72 valence electrons. The molecule has 0 bridgehead atoms. The molecular formula is C8H13N3OS. The molecule has 5 heteroatoms. The van der Waals surface area contributed by atoms with Crippen molar-refractivity contribution in [3.05, 3.63) is 28.5 Å². The minimum absolute atomic E-state index is 0.0821. The lowest BCUT2D eigenvalue weighted by atomic mass is 10.5. The Bertz CT molecular complexity index is 364. The normalized spacial score (nSPS) is 11.3. The summed E-state index contributed by atoms with van der Waals surface area (Å²) in [5.74, 6) is 1.41. The standard InChI is InChI=1S/C8H13N3OS/c1-7-9-11(5-3-4-6-13)8(12)10(7)2/h3-4,13H,5-6H2,1-2H3/b4-3+. The molecule has 0 radical (unpaired) electrons. The van der Waals surface area contributed by atoms with Gasteiger partial charge < -0.3 is 0 Å². The van der Waals surface area contributed by atoms with Crippen LogP contribution in [0.4, 0.5) is 0 Å². The molecule has 1 rings (SSSR count). The van der Waals surface area contributed by atoms with Crippen molar-refractivity contribution in [2.75, 3.05) is 5.75 Å². The molecule has 0 saturated heterocycles. The second-order valence-corrected chi connectivity index (χ2v) is 3.09. The average Bonchev–Trinajstić information content (AvgIpc) is 2.34. The van der Waals surface area contributed by atoms with Gasteiger partial charge in [-0.05, 0) is 6.92 Å². The molecule has 0 fully saturated rings. The lowest BCUT2D eigenvalue weighted by Crippen LogP contribution is -2.22. The van der Waals surface area contributed by atoms with Crippen LogP contribution < -0.4 is 5.69 Å². The largest absolute Gasteiger partial charge is 0.345 e. The van der Waals surface area contributed by atoms with Crippen LogP contribution in [0, 0.1) is 6.92 Å². The van der Waals surface area contributed by atoms with Gasteiger partial charge in [0.05, 0.1) is 6.54 Å². The molecule has 0 spiro atoms. The van der Waals surface area contributed by atoms with E-state index in [-0.39, 0.29) is 5.69 Å². The van der Waals surface area contributed by atoms with Gasteiger partial charge in [0.25, 0.3) is 0 Å². The molecule has 1 aromatic heterocycles. The number of nitrogens with zero attached hydrogens (tertiary/aromatic N) is 3. The molecule has 0 N–H and O–H groups in total. The molecule has 0 unspecified atom stereocenters. The molecule has 0 aliphatic heterocycles. The van der Waals surface area contributed by atoms with Crippen molar-refractivity contribution < 1.29 is 0 Å². The van der Waals surface area contributed by atoms with E-state index in [9.17, 15) is 4.79 Å². The van der Waals surface area contributed by atoms with Crippen molar-refractivity contribution in [3.63, 3.8) is 0 Å². The highest BCUT2D eigenvalue weighted by Gasteiger charge is 2.03. The molecule has 0 saturated carbocycles. The SMILES string of the molecule is Cc1nn(C/C=C/CS)c(=O)n1C. The second kappa shape index (κ2) is 4.32. The Kier molecular flexibility index (Phi) is 3.36. The molecule has 0 aromatic carbocycles. The Labute approximate surface area is 82.3 Å². The molecule has 13 heavy (non-hydrogen) atoms. The van der Waals surface area contributed by atoms with Gasteiger partial charge in [-0.25, -0.2) is 9.48 Å². The third-order valence-electron chi connectivity index (χ3n) is 1.81. The van der Waals surface area contributed by atoms with Crippen LogP contribution in [0.2, 0.25) is 0 Å². The number of allylic oxidation sites excluding steroid dienone is 1. The zero-order valence-electron chi connectivity index (χ0n) is 7.77. The van der Waals surface area contributed by atoms with Gasteiger partial charge in [0, 0.05) is 12.8 Å². The number of hydrogen-bond acceptors (Lipinski definition) is 3. The van der Waals surface area contributed by atoms with Crippen LogP contribution in [0.25, 0.3) is 0 Å². The summed E-state index contributed by atoms with van der Waals surface area (Å²) in [7, 11) is 1.71. The Morgan fingerprint density at radius 2 is 2.23 bits per heavy atom. The summed E-state index contributed by atoms with van der Waals surface area (Å²) in [4.78, 5) is 11.4. The van der Waals surface area contributed by atoms with E-state index in [0.717, 1.165) is 5.82 Å². The predicted octanol–water partition coefficient (Wildman–Crippen LogP) is 0.376. The maximum absolute atomic E-state index is 11.4. The van der Waals surface area contributed by atoms with Gasteiger partial charge in [0.15, 0.2) is 0 Å². The summed E-state index contributed by atoms with van der Waals surface area (Å²) in [5.41, 5.74) is -0.0821. The summed E-state index contributed by atoms with van der Waals surface area (Å²) in [6.45, 7) is 2.32. The highest BCUT2D eigenvalue weighted by molar-refractivity contribution is 7.80. The predicted molar refractivity (Wildman–Crippen MR) is 55.2 cm³/mol. The fraction of sp³-hybridized carbons (Fsp3) is 0.500. The third-order valence-corrected chi connectivity index (χ3v) is 2.02. The number of aromatic nitrogens is 3. The van der Waals surface area contributed by atoms with Crippen molar-refractivity contribution in [2.24, 2.45) is 7.05 Å². The summed E-state index contributed by atoms with van der Waals surface area (Å²) in [6.07, 6.45) is 3.76. The van der Waals surface area contributed by atoms with Crippen LogP contribution in [-0.2, 0) is 13.6 Å². The number of thiol groups is 1. The molecule has 1 aromatic rings. The van der Waals surface area contributed by atoms with Gasteiger partial charge in [0.2, 0.25) is 0 Å². The first-order valence-electron chi connectivity index (χ1n) is 4.03. The van der Waals surface area contributed by atoms with Crippen molar-refractivity contribution >= 4 is 12.6 Å². The van der Waals surface area contributed by atoms with Crippen LogP contribution in [-0.4, -0.2) is 20.1 Å². The lowest BCUT2D eigenvalue weighted by molar-refractivity contribution is 0.658. The Balaban J connectivity index is 2.84. The molecule has 0 atom stereocenters. The van der Waals surface area contributed by atoms with Gasteiger partial charge in [-0.2, -0.15) is 17.7 Å². The minimum Gasteiger partial charge on any atom is -0.282 e. The Morgan fingerprint density at radius 1 is 1.54 bits per heavy atom. The van der Waals surface area contributed by atoms with Gasteiger partial charge in [-0.3, -0.25) is 4.57 Å². The fourth-order valence-electron chi connectivity index (χ4n) is 0.964. The third kappa shape index (κ3) is 2.24. The smallest absolute Gasteiger partial charge is 0.282 e. The van der Waals surface area contributed by atoms with E-state index in [2.05, 4.69) is 17.7 Å². The molecule has 0 amide bonds. The summed E-state index contributed by atoms with van der Waals surface area (Å²) in [5, 5.41) is 4.07. The maximum atomic E-state index is 11.4. The quantitative estimate of drug-likeness (QED) is 0.564. The van der Waals surface area contributed by atoms with Crippen molar-refractivity contribution in [1.82, 2.24) is 14.3 Å². The Morgan fingerprint density at radius 3 is 2.69 bits per heavy atom. The maximum Gasteiger partial charge on any atom is 0.345 e. The second-order valence-electron chi connectivity index (χ2n) is 2.72. The summed E-state index contributed by atoms with van der Waals surface area (Å²) >= 11 is 4.02. The molecule has 4 nitrogen and oxygen atoms in total. The van der Waals surface area contributed by atoms with Gasteiger partial charge in [0.1, 0.15) is 5.82 Å². The minimum atomic E-state index is -0.0821. The Hall–Kier alpha value is -0.970. The molecule has 0 aliphatic rings. The van der Waals surface area contributed by atoms with E-state index in [1.54, 1.807) is 14.0 Å². The first-order chi connectivity index (χ1) is 6.16. The molecule has 1 heterocycles. The van der Waals surface area contributed by atoms with E-state index in [0.29, 0.717) is 12.3 Å². The van der Waals surface area contributed by atoms with Crippen LogP contribution in [0.15, 0.2) is 16.9 Å². The van der Waals surface area contributed by atoms with E-state index in [1.165, 1.54) is 9.25 Å². The van der Waals surface area contributed by atoms with Crippen molar-refractivity contribution in [2.45, 2.75) is 13.5 Å². The van der Waals surface area contributed by atoms with E-state index in [1.807, 2.05) is 12.2 Å². The number of aryl methyl sites for hydroxylation is 1. The van der Waals surface area contributed by atoms with Crippen LogP contribution >= 0.6 is 12.6 Å². The first-order valence-corrected chi connectivity index (χ1v) is 4.66. The first kappa shape index (κ1) is 10.1. The fourth-order valence-corrected chi connectivity index (χ4v) is 1.11. The van der Waals surface area contributed by atoms with Crippen LogP contribution in [0.5, 0.6) is 0 Å². The van der Waals surface area contributed by atoms with E-state index < -0.39 is 0 Å². The average molecular weight is 199 g/mol. The number of rotatable bonds is 3. The summed E-state index contributed by atoms with van der Waals surface area (Å²) in [6, 6.07) is 0. The van der Waals surface area contributed by atoms with Gasteiger partial charge in [-0.1, -0.05) is 12.2 Å². The van der Waals surface area contributed by atoms with Crippen molar-refractivity contribution in [3.8, 4) is 0 Å². The highest BCUT2D eigenvalue weighted by Crippen LogP contribution is 1.87.